The summed E-state index contributed by atoms with van der Waals surface area (Å²) in [5, 5.41) is 2.36. The summed E-state index contributed by atoms with van der Waals surface area (Å²) >= 11 is 1.82. The van der Waals surface area contributed by atoms with E-state index in [1.807, 2.05) is 40.9 Å². The van der Waals surface area contributed by atoms with Crippen LogP contribution in [0.4, 0.5) is 18.9 Å². The zero-order valence-electron chi connectivity index (χ0n) is 17.8. The highest BCUT2D eigenvalue weighted by atomic mass is 32.2. The Morgan fingerprint density at radius 1 is 1.00 bits per heavy atom. The molecule has 1 N–H and O–H groups in total. The molecule has 3 rings (SSSR count). The molecule has 0 saturated carbocycles. The summed E-state index contributed by atoms with van der Waals surface area (Å²) in [6.45, 7) is 3.94. The Hall–Kier alpha value is -2.52. The average molecular weight is 466 g/mol. The van der Waals surface area contributed by atoms with Crippen LogP contribution in [-0.4, -0.2) is 60.1 Å². The molecule has 1 saturated heterocycles. The summed E-state index contributed by atoms with van der Waals surface area (Å²) in [6, 6.07) is 12.5. The molecule has 9 heteroatoms. The first-order valence-electron chi connectivity index (χ1n) is 10.4. The molecule has 0 bridgehead atoms. The predicted molar refractivity (Wildman–Crippen MR) is 121 cm³/mol. The van der Waals surface area contributed by atoms with Gasteiger partial charge in [0.15, 0.2) is 0 Å². The Kier molecular flexibility index (Phi) is 8.20. The number of alkyl halides is 3. The minimum absolute atomic E-state index is 0.0297. The minimum atomic E-state index is -4.54. The molecule has 0 atom stereocenters. The molecule has 172 valence electrons. The minimum Gasteiger partial charge on any atom is -0.336 e. The van der Waals surface area contributed by atoms with Crippen molar-refractivity contribution in [3.8, 4) is 0 Å². The maximum absolute atomic E-state index is 13.1. The van der Waals surface area contributed by atoms with Gasteiger partial charge in [-0.05, 0) is 35.6 Å². The Balaban J connectivity index is 1.50. The predicted octanol–water partition coefficient (Wildman–Crippen LogP) is 4.36. The molecule has 0 aromatic heterocycles. The van der Waals surface area contributed by atoms with E-state index in [-0.39, 0.29) is 18.1 Å². The average Bonchev–Trinajstić information content (AvgIpc) is 2.77. The van der Waals surface area contributed by atoms with Crippen molar-refractivity contribution >= 4 is 29.3 Å². The van der Waals surface area contributed by atoms with Crippen LogP contribution in [0.5, 0.6) is 0 Å². The Morgan fingerprint density at radius 2 is 1.66 bits per heavy atom. The van der Waals surface area contributed by atoms with Crippen LogP contribution in [-0.2, 0) is 16.7 Å². The van der Waals surface area contributed by atoms with Gasteiger partial charge in [0.25, 0.3) is 5.91 Å². The van der Waals surface area contributed by atoms with Crippen LogP contribution in [0.3, 0.4) is 0 Å². The molecule has 2 aromatic rings. The summed E-state index contributed by atoms with van der Waals surface area (Å²) in [7, 11) is 0. The van der Waals surface area contributed by atoms with Crippen molar-refractivity contribution in [2.24, 2.45) is 0 Å². The lowest BCUT2D eigenvalue weighted by atomic mass is 10.1. The maximum atomic E-state index is 13.1. The maximum Gasteiger partial charge on any atom is 0.418 e. The number of carbonyl (C=O) groups excluding carboxylic acids is 2. The zero-order chi connectivity index (χ0) is 23.1. The van der Waals surface area contributed by atoms with E-state index in [1.54, 1.807) is 4.90 Å². The largest absolute Gasteiger partial charge is 0.418 e. The number of rotatable bonds is 7. The fraction of sp³-hybridized carbons (Fsp3) is 0.391. The van der Waals surface area contributed by atoms with Gasteiger partial charge in [-0.2, -0.15) is 24.9 Å². The number of hydrogen-bond donors (Lipinski definition) is 1. The molecule has 1 fully saturated rings. The van der Waals surface area contributed by atoms with Gasteiger partial charge in [0.1, 0.15) is 0 Å². The first-order valence-corrected chi connectivity index (χ1v) is 11.6. The zero-order valence-corrected chi connectivity index (χ0v) is 18.6. The number of amides is 2. The second kappa shape index (κ2) is 10.9. The number of nitrogens with zero attached hydrogens (tertiary/aromatic N) is 2. The van der Waals surface area contributed by atoms with Crippen LogP contribution in [0.15, 0.2) is 48.5 Å². The van der Waals surface area contributed by atoms with E-state index in [2.05, 4.69) is 12.2 Å². The van der Waals surface area contributed by atoms with E-state index in [0.29, 0.717) is 31.7 Å². The Bertz CT molecular complexity index is 927. The smallest absolute Gasteiger partial charge is 0.336 e. The number of benzene rings is 2. The van der Waals surface area contributed by atoms with Crippen molar-refractivity contribution in [1.82, 2.24) is 9.80 Å². The number of thioether (sulfide) groups is 1. The van der Waals surface area contributed by atoms with Gasteiger partial charge in [-0.3, -0.25) is 14.5 Å². The first kappa shape index (κ1) is 24.1. The fourth-order valence-corrected chi connectivity index (χ4v) is 4.12. The van der Waals surface area contributed by atoms with E-state index < -0.39 is 17.6 Å². The van der Waals surface area contributed by atoms with Crippen LogP contribution < -0.4 is 5.32 Å². The van der Waals surface area contributed by atoms with E-state index in [1.165, 1.54) is 23.8 Å². The lowest BCUT2D eigenvalue weighted by molar-refractivity contribution is -0.137. The van der Waals surface area contributed by atoms with Crippen LogP contribution >= 0.6 is 11.8 Å². The SMILES string of the molecule is CCSCc1ccc(C(=O)N2CCN(CC(=O)Nc3ccccc3C(F)(F)F)CC2)cc1. The van der Waals surface area contributed by atoms with Crippen molar-refractivity contribution < 1.29 is 22.8 Å². The highest BCUT2D eigenvalue weighted by Crippen LogP contribution is 2.34. The standard InChI is InChI=1S/C23H26F3N3O2S/c1-2-32-16-17-7-9-18(10-8-17)22(31)29-13-11-28(12-14-29)15-21(30)27-20-6-4-3-5-19(20)23(24,25)26/h3-10H,2,11-16H2,1H3,(H,27,30). The summed E-state index contributed by atoms with van der Waals surface area (Å²) < 4.78 is 39.3. The van der Waals surface area contributed by atoms with E-state index >= 15 is 0 Å². The second-order valence-corrected chi connectivity index (χ2v) is 8.77. The number of piperazine rings is 1. The van der Waals surface area contributed by atoms with Crippen molar-refractivity contribution in [2.75, 3.05) is 43.8 Å². The van der Waals surface area contributed by atoms with Crippen molar-refractivity contribution in [3.63, 3.8) is 0 Å². The van der Waals surface area contributed by atoms with Gasteiger partial charge in [-0.25, -0.2) is 0 Å². The molecule has 2 amide bonds. The molecule has 0 unspecified atom stereocenters. The number of para-hydroxylation sites is 1. The normalized spacial score (nSPS) is 14.9. The molecule has 0 aliphatic carbocycles. The summed E-state index contributed by atoms with van der Waals surface area (Å²) in [6.07, 6.45) is -4.54. The summed E-state index contributed by atoms with van der Waals surface area (Å²) in [5.74, 6) is 1.39. The number of halogens is 3. The topological polar surface area (TPSA) is 52.7 Å². The molecule has 2 aromatic carbocycles. The van der Waals surface area contributed by atoms with Crippen molar-refractivity contribution in [1.29, 1.82) is 0 Å². The fourth-order valence-electron chi connectivity index (χ4n) is 3.49. The molecule has 1 heterocycles. The molecule has 1 aliphatic heterocycles. The van der Waals surface area contributed by atoms with Crippen LogP contribution in [0.1, 0.15) is 28.4 Å². The van der Waals surface area contributed by atoms with Gasteiger partial charge in [0, 0.05) is 37.5 Å². The quantitative estimate of drug-likeness (QED) is 0.661. The Morgan fingerprint density at radius 3 is 2.28 bits per heavy atom. The van der Waals surface area contributed by atoms with Gasteiger partial charge >= 0.3 is 6.18 Å². The molecule has 0 radical (unpaired) electrons. The third kappa shape index (κ3) is 6.49. The van der Waals surface area contributed by atoms with Crippen LogP contribution in [0, 0.1) is 0 Å². The second-order valence-electron chi connectivity index (χ2n) is 7.49. The van der Waals surface area contributed by atoms with Gasteiger partial charge in [0.05, 0.1) is 17.8 Å². The lowest BCUT2D eigenvalue weighted by Gasteiger charge is -2.34. The van der Waals surface area contributed by atoms with E-state index in [9.17, 15) is 22.8 Å². The first-order chi connectivity index (χ1) is 15.3. The highest BCUT2D eigenvalue weighted by Gasteiger charge is 2.33. The highest BCUT2D eigenvalue weighted by molar-refractivity contribution is 7.98. The number of nitrogens with one attached hydrogen (secondary N) is 1. The van der Waals surface area contributed by atoms with Crippen LogP contribution in [0.2, 0.25) is 0 Å². The molecule has 32 heavy (non-hydrogen) atoms. The third-order valence-electron chi connectivity index (χ3n) is 5.21. The van der Waals surface area contributed by atoms with E-state index in [0.717, 1.165) is 17.6 Å². The molecule has 5 nitrogen and oxygen atoms in total. The molecular formula is C23H26F3N3O2S. The third-order valence-corrected chi connectivity index (χ3v) is 6.15. The molecular weight excluding hydrogens is 439 g/mol. The van der Waals surface area contributed by atoms with Crippen molar-refractivity contribution in [2.45, 2.75) is 18.9 Å². The summed E-state index contributed by atoms with van der Waals surface area (Å²) in [5.41, 5.74) is 0.684. The number of carbonyl (C=O) groups is 2. The molecule has 1 aliphatic rings. The van der Waals surface area contributed by atoms with Crippen LogP contribution in [0.25, 0.3) is 0 Å². The van der Waals surface area contributed by atoms with E-state index in [4.69, 9.17) is 0 Å². The monoisotopic (exact) mass is 465 g/mol. The van der Waals surface area contributed by atoms with Gasteiger partial charge in [-0.15, -0.1) is 0 Å². The Labute approximate surface area is 190 Å². The number of hydrogen-bond acceptors (Lipinski definition) is 4. The van der Waals surface area contributed by atoms with Gasteiger partial charge in [-0.1, -0.05) is 31.2 Å². The lowest BCUT2D eigenvalue weighted by Crippen LogP contribution is -2.50. The number of anilines is 1. The summed E-state index contributed by atoms with van der Waals surface area (Å²) in [4.78, 5) is 28.6. The van der Waals surface area contributed by atoms with Gasteiger partial charge < -0.3 is 10.2 Å². The van der Waals surface area contributed by atoms with Crippen molar-refractivity contribution in [3.05, 3.63) is 65.2 Å². The molecule has 0 spiro atoms. The van der Waals surface area contributed by atoms with Gasteiger partial charge in [0.2, 0.25) is 5.91 Å².